The highest BCUT2D eigenvalue weighted by Gasteiger charge is 2.15. The van der Waals surface area contributed by atoms with Crippen LogP contribution in [-0.4, -0.2) is 6.54 Å². The minimum absolute atomic E-state index is 0.0465. The molecular formula is C15H18FNS. The fraction of sp³-hybridized carbons (Fsp3) is 0.333. The van der Waals surface area contributed by atoms with Gasteiger partial charge in [0.1, 0.15) is 5.82 Å². The van der Waals surface area contributed by atoms with Gasteiger partial charge in [0.05, 0.1) is 0 Å². The monoisotopic (exact) mass is 263 g/mol. The summed E-state index contributed by atoms with van der Waals surface area (Å²) >= 11 is 1.68. The van der Waals surface area contributed by atoms with Gasteiger partial charge in [-0.2, -0.15) is 11.3 Å². The van der Waals surface area contributed by atoms with Crippen LogP contribution in [0.4, 0.5) is 4.39 Å². The molecule has 18 heavy (non-hydrogen) atoms. The molecule has 0 fully saturated rings. The number of likely N-dealkylation sites (N-methyl/N-ethyl adjacent to an activating group) is 1. The molecule has 3 heteroatoms. The zero-order chi connectivity index (χ0) is 13.0. The van der Waals surface area contributed by atoms with Crippen LogP contribution in [-0.2, 0) is 6.42 Å². The van der Waals surface area contributed by atoms with E-state index < -0.39 is 0 Å². The summed E-state index contributed by atoms with van der Waals surface area (Å²) in [7, 11) is 0. The van der Waals surface area contributed by atoms with E-state index in [4.69, 9.17) is 0 Å². The Morgan fingerprint density at radius 3 is 2.78 bits per heavy atom. The summed E-state index contributed by atoms with van der Waals surface area (Å²) in [6.45, 7) is 4.79. The van der Waals surface area contributed by atoms with Crippen LogP contribution in [0.25, 0.3) is 0 Å². The minimum atomic E-state index is -0.115. The Hall–Kier alpha value is -1.19. The summed E-state index contributed by atoms with van der Waals surface area (Å²) in [5, 5.41) is 7.54. The van der Waals surface area contributed by atoms with Crippen LogP contribution in [0.3, 0.4) is 0 Å². The SMILES string of the molecule is CCNC(Cc1ccsc1)c1ccc(C)cc1F. The van der Waals surface area contributed by atoms with Crippen LogP contribution in [0.1, 0.15) is 29.7 Å². The molecule has 2 aromatic rings. The molecule has 0 aliphatic rings. The first-order valence-corrected chi connectivity index (χ1v) is 7.15. The van der Waals surface area contributed by atoms with Crippen LogP contribution in [0.5, 0.6) is 0 Å². The number of benzene rings is 1. The van der Waals surface area contributed by atoms with Gasteiger partial charge in [-0.3, -0.25) is 0 Å². The third-order valence-electron chi connectivity index (χ3n) is 3.00. The van der Waals surface area contributed by atoms with E-state index in [1.165, 1.54) is 5.56 Å². The average molecular weight is 263 g/mol. The van der Waals surface area contributed by atoms with Crippen molar-refractivity contribution in [3.63, 3.8) is 0 Å². The first-order chi connectivity index (χ1) is 8.70. The van der Waals surface area contributed by atoms with Gasteiger partial charge in [-0.05, 0) is 53.9 Å². The molecule has 0 amide bonds. The average Bonchev–Trinajstić information content (AvgIpc) is 2.81. The maximum absolute atomic E-state index is 14.0. The summed E-state index contributed by atoms with van der Waals surface area (Å²) in [5.74, 6) is -0.115. The molecule has 0 spiro atoms. The summed E-state index contributed by atoms with van der Waals surface area (Å²) < 4.78 is 14.0. The van der Waals surface area contributed by atoms with Gasteiger partial charge in [0.15, 0.2) is 0 Å². The van der Waals surface area contributed by atoms with E-state index in [0.717, 1.165) is 24.1 Å². The molecule has 1 nitrogen and oxygen atoms in total. The second-order valence-corrected chi connectivity index (χ2v) is 5.25. The predicted octanol–water partition coefficient (Wildman–Crippen LogP) is 4.09. The van der Waals surface area contributed by atoms with Crippen LogP contribution in [0, 0.1) is 12.7 Å². The Kier molecular flexibility index (Phi) is 4.50. The fourth-order valence-corrected chi connectivity index (χ4v) is 2.78. The van der Waals surface area contributed by atoms with Crippen LogP contribution < -0.4 is 5.32 Å². The van der Waals surface area contributed by atoms with E-state index in [2.05, 4.69) is 22.1 Å². The number of thiophene rings is 1. The number of nitrogens with one attached hydrogen (secondary N) is 1. The highest BCUT2D eigenvalue weighted by molar-refractivity contribution is 7.07. The van der Waals surface area contributed by atoms with E-state index in [1.807, 2.05) is 26.0 Å². The molecular weight excluding hydrogens is 245 g/mol. The summed E-state index contributed by atoms with van der Waals surface area (Å²) in [5.41, 5.74) is 2.97. The standard InChI is InChI=1S/C15H18FNS/c1-3-17-15(9-12-6-7-18-10-12)13-5-4-11(2)8-14(13)16/h4-8,10,15,17H,3,9H2,1-2H3. The summed E-state index contributed by atoms with van der Waals surface area (Å²) in [6, 6.07) is 7.61. The predicted molar refractivity (Wildman–Crippen MR) is 75.6 cm³/mol. The van der Waals surface area contributed by atoms with Crippen molar-refractivity contribution in [1.29, 1.82) is 0 Å². The fourth-order valence-electron chi connectivity index (χ4n) is 2.10. The number of hydrogen-bond acceptors (Lipinski definition) is 2. The molecule has 0 radical (unpaired) electrons. The molecule has 1 aromatic heterocycles. The number of aryl methyl sites for hydroxylation is 1. The lowest BCUT2D eigenvalue weighted by molar-refractivity contribution is 0.510. The lowest BCUT2D eigenvalue weighted by atomic mass is 9.99. The van der Waals surface area contributed by atoms with E-state index >= 15 is 0 Å². The second-order valence-electron chi connectivity index (χ2n) is 4.47. The van der Waals surface area contributed by atoms with Gasteiger partial charge >= 0.3 is 0 Å². The minimum Gasteiger partial charge on any atom is -0.310 e. The largest absolute Gasteiger partial charge is 0.310 e. The third kappa shape index (κ3) is 3.18. The molecule has 96 valence electrons. The van der Waals surface area contributed by atoms with Gasteiger partial charge in [-0.15, -0.1) is 0 Å². The lowest BCUT2D eigenvalue weighted by Gasteiger charge is -2.18. The van der Waals surface area contributed by atoms with Crippen LogP contribution in [0.2, 0.25) is 0 Å². The van der Waals surface area contributed by atoms with Gasteiger partial charge in [0.2, 0.25) is 0 Å². The third-order valence-corrected chi connectivity index (χ3v) is 3.73. The molecule has 0 bridgehead atoms. The van der Waals surface area contributed by atoms with Crippen molar-refractivity contribution in [2.24, 2.45) is 0 Å². The Morgan fingerprint density at radius 1 is 1.33 bits per heavy atom. The Bertz CT molecular complexity index is 493. The van der Waals surface area contributed by atoms with E-state index in [1.54, 1.807) is 17.4 Å². The Balaban J connectivity index is 2.23. The Morgan fingerprint density at radius 2 is 2.17 bits per heavy atom. The first kappa shape index (κ1) is 13.2. The maximum atomic E-state index is 14.0. The highest BCUT2D eigenvalue weighted by atomic mass is 32.1. The molecule has 1 heterocycles. The molecule has 0 aliphatic heterocycles. The van der Waals surface area contributed by atoms with Crippen LogP contribution in [0.15, 0.2) is 35.0 Å². The van der Waals surface area contributed by atoms with E-state index in [9.17, 15) is 4.39 Å². The zero-order valence-corrected chi connectivity index (χ0v) is 11.6. The van der Waals surface area contributed by atoms with Crippen molar-refractivity contribution in [2.75, 3.05) is 6.54 Å². The van der Waals surface area contributed by atoms with Gasteiger partial charge in [-0.1, -0.05) is 19.1 Å². The normalized spacial score (nSPS) is 12.6. The molecule has 0 saturated heterocycles. The molecule has 0 saturated carbocycles. The van der Waals surface area contributed by atoms with Gasteiger partial charge < -0.3 is 5.32 Å². The smallest absolute Gasteiger partial charge is 0.128 e. The van der Waals surface area contributed by atoms with E-state index in [-0.39, 0.29) is 11.9 Å². The van der Waals surface area contributed by atoms with Crippen LogP contribution >= 0.6 is 11.3 Å². The Labute approximate surface area is 112 Å². The molecule has 1 atom stereocenters. The lowest BCUT2D eigenvalue weighted by Crippen LogP contribution is -2.23. The summed E-state index contributed by atoms with van der Waals surface area (Å²) in [6.07, 6.45) is 0.831. The van der Waals surface area contributed by atoms with Crippen molar-refractivity contribution in [3.05, 3.63) is 57.5 Å². The van der Waals surface area contributed by atoms with Crippen molar-refractivity contribution in [3.8, 4) is 0 Å². The summed E-state index contributed by atoms with van der Waals surface area (Å²) in [4.78, 5) is 0. The molecule has 1 N–H and O–H groups in total. The topological polar surface area (TPSA) is 12.0 Å². The van der Waals surface area contributed by atoms with Crippen molar-refractivity contribution in [1.82, 2.24) is 5.32 Å². The van der Waals surface area contributed by atoms with Crippen molar-refractivity contribution < 1.29 is 4.39 Å². The number of hydrogen-bond donors (Lipinski definition) is 1. The van der Waals surface area contributed by atoms with Crippen molar-refractivity contribution >= 4 is 11.3 Å². The first-order valence-electron chi connectivity index (χ1n) is 6.21. The van der Waals surface area contributed by atoms with Gasteiger partial charge in [-0.25, -0.2) is 4.39 Å². The van der Waals surface area contributed by atoms with E-state index in [0.29, 0.717) is 0 Å². The zero-order valence-electron chi connectivity index (χ0n) is 10.7. The van der Waals surface area contributed by atoms with Crippen molar-refractivity contribution in [2.45, 2.75) is 26.3 Å². The molecule has 0 aliphatic carbocycles. The molecule has 1 unspecified atom stereocenters. The molecule has 2 rings (SSSR count). The highest BCUT2D eigenvalue weighted by Crippen LogP contribution is 2.23. The maximum Gasteiger partial charge on any atom is 0.128 e. The van der Waals surface area contributed by atoms with Gasteiger partial charge in [0.25, 0.3) is 0 Å². The number of halogens is 1. The quantitative estimate of drug-likeness (QED) is 0.856. The number of rotatable bonds is 5. The van der Waals surface area contributed by atoms with Gasteiger partial charge in [0, 0.05) is 11.6 Å². The molecule has 1 aromatic carbocycles. The second kappa shape index (κ2) is 6.12.